The quantitative estimate of drug-likeness (QED) is 0.763. The van der Waals surface area contributed by atoms with Crippen molar-refractivity contribution in [3.05, 3.63) is 58.4 Å². The maximum atomic E-state index is 12.2. The number of nitrogens with one attached hydrogen (secondary N) is 3. The number of hydrogen-bond acceptors (Lipinski definition) is 2. The molecule has 1 heterocycles. The minimum absolute atomic E-state index is 0.0718. The predicted molar refractivity (Wildman–Crippen MR) is 95.1 cm³/mol. The second-order valence-corrected chi connectivity index (χ2v) is 6.17. The summed E-state index contributed by atoms with van der Waals surface area (Å²) in [6, 6.07) is 9.38. The smallest absolute Gasteiger partial charge is 0.268 e. The third-order valence-electron chi connectivity index (χ3n) is 4.04. The maximum absolute atomic E-state index is 12.2. The first kappa shape index (κ1) is 17.8. The standard InChI is InChI=1S/C19H25N3O2/c1-5-13(3)22-18(23)16-8-6-15(7-9-16)11-20-19(24)17-12(2)10-14(4)21-17/h6-10,13,21H,5,11H2,1-4H3,(H,20,24)(H,22,23)/t13-/m0/s1. The van der Waals surface area contributed by atoms with Crippen molar-refractivity contribution in [2.75, 3.05) is 0 Å². The molecule has 0 spiro atoms. The Balaban J connectivity index is 1.93. The minimum Gasteiger partial charge on any atom is -0.354 e. The molecule has 1 aromatic carbocycles. The molecule has 2 rings (SSSR count). The Bertz CT molecular complexity index is 717. The maximum Gasteiger partial charge on any atom is 0.268 e. The summed E-state index contributed by atoms with van der Waals surface area (Å²) >= 11 is 0. The van der Waals surface area contributed by atoms with Gasteiger partial charge in [0.2, 0.25) is 0 Å². The van der Waals surface area contributed by atoms with Gasteiger partial charge in [0, 0.05) is 23.8 Å². The Kier molecular flexibility index (Phi) is 5.79. The van der Waals surface area contributed by atoms with Crippen molar-refractivity contribution in [1.29, 1.82) is 0 Å². The Morgan fingerprint density at radius 3 is 2.33 bits per heavy atom. The number of aromatic amines is 1. The lowest BCUT2D eigenvalue weighted by molar-refractivity contribution is 0.0932. The summed E-state index contributed by atoms with van der Waals surface area (Å²) in [5, 5.41) is 5.82. The molecule has 0 radical (unpaired) electrons. The van der Waals surface area contributed by atoms with Crippen molar-refractivity contribution >= 4 is 11.8 Å². The number of rotatable bonds is 6. The molecule has 0 saturated carbocycles. The third kappa shape index (κ3) is 4.47. The molecule has 5 nitrogen and oxygen atoms in total. The summed E-state index contributed by atoms with van der Waals surface area (Å²) in [6.07, 6.45) is 0.896. The van der Waals surface area contributed by atoms with Gasteiger partial charge in [-0.15, -0.1) is 0 Å². The number of carbonyl (C=O) groups is 2. The van der Waals surface area contributed by atoms with Crippen LogP contribution in [0.5, 0.6) is 0 Å². The van der Waals surface area contributed by atoms with Crippen LogP contribution in [0.4, 0.5) is 0 Å². The van der Waals surface area contributed by atoms with Gasteiger partial charge in [0.05, 0.1) is 0 Å². The second kappa shape index (κ2) is 7.81. The van der Waals surface area contributed by atoms with Crippen molar-refractivity contribution in [2.24, 2.45) is 0 Å². The van der Waals surface area contributed by atoms with E-state index in [9.17, 15) is 9.59 Å². The van der Waals surface area contributed by atoms with Crippen molar-refractivity contribution in [1.82, 2.24) is 15.6 Å². The van der Waals surface area contributed by atoms with Crippen LogP contribution in [0.1, 0.15) is 57.9 Å². The first-order valence-electron chi connectivity index (χ1n) is 8.25. The number of carbonyl (C=O) groups excluding carboxylic acids is 2. The molecule has 0 bridgehead atoms. The highest BCUT2D eigenvalue weighted by Crippen LogP contribution is 2.10. The fraction of sp³-hybridized carbons (Fsp3) is 0.368. The average molecular weight is 327 g/mol. The molecule has 0 aliphatic carbocycles. The van der Waals surface area contributed by atoms with Crippen LogP contribution < -0.4 is 10.6 Å². The average Bonchev–Trinajstić information content (AvgIpc) is 2.91. The Hall–Kier alpha value is -2.56. The van der Waals surface area contributed by atoms with Crippen molar-refractivity contribution in [3.8, 4) is 0 Å². The molecule has 5 heteroatoms. The van der Waals surface area contributed by atoms with Crippen LogP contribution in [-0.2, 0) is 6.54 Å². The number of aryl methyl sites for hydroxylation is 2. The summed E-state index contributed by atoms with van der Waals surface area (Å²) in [5.74, 6) is -0.198. The lowest BCUT2D eigenvalue weighted by Crippen LogP contribution is -2.31. The Morgan fingerprint density at radius 1 is 1.12 bits per heavy atom. The molecule has 2 aromatic rings. The van der Waals surface area contributed by atoms with Gasteiger partial charge in [-0.3, -0.25) is 9.59 Å². The normalized spacial score (nSPS) is 11.8. The Labute approximate surface area is 142 Å². The lowest BCUT2D eigenvalue weighted by Gasteiger charge is -2.11. The van der Waals surface area contributed by atoms with Crippen LogP contribution in [0.2, 0.25) is 0 Å². The Morgan fingerprint density at radius 2 is 1.79 bits per heavy atom. The van der Waals surface area contributed by atoms with E-state index in [0.29, 0.717) is 17.8 Å². The molecule has 1 atom stereocenters. The third-order valence-corrected chi connectivity index (χ3v) is 4.04. The van der Waals surface area contributed by atoms with Gasteiger partial charge in [0.25, 0.3) is 11.8 Å². The SMILES string of the molecule is CC[C@H](C)NC(=O)c1ccc(CNC(=O)c2[nH]c(C)cc2C)cc1. The highest BCUT2D eigenvalue weighted by atomic mass is 16.2. The molecule has 0 aliphatic heterocycles. The van der Waals surface area contributed by atoms with E-state index in [1.165, 1.54) is 0 Å². The summed E-state index contributed by atoms with van der Waals surface area (Å²) in [7, 11) is 0. The van der Waals surface area contributed by atoms with E-state index >= 15 is 0 Å². The molecule has 0 aliphatic rings. The molecule has 0 saturated heterocycles. The van der Waals surface area contributed by atoms with E-state index < -0.39 is 0 Å². The van der Waals surface area contributed by atoms with Crippen LogP contribution in [0.3, 0.4) is 0 Å². The number of H-pyrrole nitrogens is 1. The molecule has 24 heavy (non-hydrogen) atoms. The van der Waals surface area contributed by atoms with Crippen molar-refractivity contribution < 1.29 is 9.59 Å². The number of benzene rings is 1. The first-order chi connectivity index (χ1) is 11.4. The highest BCUT2D eigenvalue weighted by Gasteiger charge is 2.12. The largest absolute Gasteiger partial charge is 0.354 e. The molecule has 128 valence electrons. The second-order valence-electron chi connectivity index (χ2n) is 6.17. The van der Waals surface area contributed by atoms with Crippen LogP contribution in [-0.4, -0.2) is 22.8 Å². The van der Waals surface area contributed by atoms with Gasteiger partial charge >= 0.3 is 0 Å². The van der Waals surface area contributed by atoms with Crippen LogP contribution in [0.25, 0.3) is 0 Å². The predicted octanol–water partition coefficient (Wildman–Crippen LogP) is 3.09. The molecular weight excluding hydrogens is 302 g/mol. The van der Waals surface area contributed by atoms with Gasteiger partial charge in [-0.25, -0.2) is 0 Å². The zero-order chi connectivity index (χ0) is 17.7. The van der Waals surface area contributed by atoms with Crippen LogP contribution in [0, 0.1) is 13.8 Å². The topological polar surface area (TPSA) is 74.0 Å². The number of hydrogen-bond donors (Lipinski definition) is 3. The molecule has 0 fully saturated rings. The fourth-order valence-corrected chi connectivity index (χ4v) is 2.42. The number of amides is 2. The zero-order valence-electron chi connectivity index (χ0n) is 14.7. The van der Waals surface area contributed by atoms with E-state index in [1.54, 1.807) is 12.1 Å². The summed E-state index contributed by atoms with van der Waals surface area (Å²) in [4.78, 5) is 27.3. The minimum atomic E-state index is -0.126. The molecule has 2 amide bonds. The summed E-state index contributed by atoms with van der Waals surface area (Å²) < 4.78 is 0. The van der Waals surface area contributed by atoms with Gasteiger partial charge in [-0.05, 0) is 56.5 Å². The van der Waals surface area contributed by atoms with Gasteiger partial charge < -0.3 is 15.6 Å². The molecule has 3 N–H and O–H groups in total. The van der Waals surface area contributed by atoms with E-state index in [-0.39, 0.29) is 17.9 Å². The van der Waals surface area contributed by atoms with Gasteiger partial charge in [0.1, 0.15) is 5.69 Å². The van der Waals surface area contributed by atoms with Gasteiger partial charge in [0.15, 0.2) is 0 Å². The number of aromatic nitrogens is 1. The summed E-state index contributed by atoms with van der Waals surface area (Å²) in [5.41, 5.74) is 4.07. The molecule has 1 aromatic heterocycles. The van der Waals surface area contributed by atoms with E-state index in [4.69, 9.17) is 0 Å². The first-order valence-corrected chi connectivity index (χ1v) is 8.25. The fourth-order valence-electron chi connectivity index (χ4n) is 2.42. The van der Waals surface area contributed by atoms with E-state index in [2.05, 4.69) is 15.6 Å². The van der Waals surface area contributed by atoms with Crippen molar-refractivity contribution in [2.45, 2.75) is 46.7 Å². The van der Waals surface area contributed by atoms with Crippen LogP contribution >= 0.6 is 0 Å². The van der Waals surface area contributed by atoms with E-state index in [0.717, 1.165) is 23.2 Å². The summed E-state index contributed by atoms with van der Waals surface area (Å²) in [6.45, 7) is 8.26. The van der Waals surface area contributed by atoms with Crippen LogP contribution in [0.15, 0.2) is 30.3 Å². The highest BCUT2D eigenvalue weighted by molar-refractivity contribution is 5.95. The van der Waals surface area contributed by atoms with Gasteiger partial charge in [-0.1, -0.05) is 19.1 Å². The molecular formula is C19H25N3O2. The molecule has 0 unspecified atom stereocenters. The van der Waals surface area contributed by atoms with Crippen molar-refractivity contribution in [3.63, 3.8) is 0 Å². The monoisotopic (exact) mass is 327 g/mol. The zero-order valence-corrected chi connectivity index (χ0v) is 14.7. The lowest BCUT2D eigenvalue weighted by atomic mass is 10.1. The van der Waals surface area contributed by atoms with E-state index in [1.807, 2.05) is 45.9 Å². The van der Waals surface area contributed by atoms with Gasteiger partial charge in [-0.2, -0.15) is 0 Å².